The Morgan fingerprint density at radius 3 is 2.89 bits per heavy atom. The molecule has 0 saturated heterocycles. The minimum atomic E-state index is -0.460. The fraction of sp³-hybridized carbons (Fsp3) is 0.316. The Hall–Kier alpha value is -2.97. The lowest BCUT2D eigenvalue weighted by Crippen LogP contribution is -2.70. The number of nitrogens with one attached hydrogen (secondary N) is 2. The zero-order chi connectivity index (χ0) is 19.1. The summed E-state index contributed by atoms with van der Waals surface area (Å²) in [5.74, 6) is 0.571. The van der Waals surface area contributed by atoms with Crippen molar-refractivity contribution in [3.05, 3.63) is 60.0 Å². The van der Waals surface area contributed by atoms with Crippen LogP contribution in [0, 0.1) is 5.21 Å². The van der Waals surface area contributed by atoms with Gasteiger partial charge in [-0.25, -0.2) is 0 Å². The first-order chi connectivity index (χ1) is 13.2. The molecular weight excluding hydrogens is 344 g/mol. The van der Waals surface area contributed by atoms with Crippen LogP contribution in [0.3, 0.4) is 0 Å². The molecule has 8 heteroatoms. The quantitative estimate of drug-likeness (QED) is 0.394. The molecule has 27 heavy (non-hydrogen) atoms. The molecule has 1 saturated carbocycles. The van der Waals surface area contributed by atoms with Crippen LogP contribution in [0.2, 0.25) is 0 Å². The molecule has 0 aromatic carbocycles. The number of pyridine rings is 1. The molecule has 1 amide bonds. The third kappa shape index (κ3) is 4.81. The number of nitrogens with zero attached hydrogens (tertiary/aromatic N) is 3. The number of amides is 1. The van der Waals surface area contributed by atoms with E-state index in [-0.39, 0.29) is 11.5 Å². The predicted molar refractivity (Wildman–Crippen MR) is 105 cm³/mol. The summed E-state index contributed by atoms with van der Waals surface area (Å²) in [7, 11) is 0. The lowest BCUT2D eigenvalue weighted by Gasteiger charge is -2.23. The molecule has 0 bridgehead atoms. The lowest BCUT2D eigenvalue weighted by atomic mass is 9.95. The van der Waals surface area contributed by atoms with Crippen LogP contribution in [-0.2, 0) is 4.79 Å². The summed E-state index contributed by atoms with van der Waals surface area (Å²) in [5.41, 5.74) is 1.39. The normalized spacial score (nSPS) is 16.0. The van der Waals surface area contributed by atoms with E-state index in [2.05, 4.69) is 27.3 Å². The first-order valence-corrected chi connectivity index (χ1v) is 9.09. The fourth-order valence-corrected chi connectivity index (χ4v) is 3.15. The van der Waals surface area contributed by atoms with Crippen LogP contribution in [0.15, 0.2) is 54.8 Å². The second kappa shape index (κ2) is 9.11. The van der Waals surface area contributed by atoms with Gasteiger partial charge in [0.1, 0.15) is 12.0 Å². The molecule has 142 valence electrons. The fourth-order valence-electron chi connectivity index (χ4n) is 3.15. The second-order valence-electron chi connectivity index (χ2n) is 6.40. The molecule has 1 aliphatic carbocycles. The Bertz CT molecular complexity index is 864. The Morgan fingerprint density at radius 2 is 2.15 bits per heavy atom. The van der Waals surface area contributed by atoms with Gasteiger partial charge in [0.15, 0.2) is 5.65 Å². The third-order valence-corrected chi connectivity index (χ3v) is 4.46. The van der Waals surface area contributed by atoms with Crippen molar-refractivity contribution in [2.75, 3.05) is 10.6 Å². The van der Waals surface area contributed by atoms with Crippen LogP contribution >= 0.6 is 0 Å². The number of anilines is 2. The van der Waals surface area contributed by atoms with Crippen LogP contribution in [0.4, 0.5) is 11.8 Å². The maximum Gasteiger partial charge on any atom is 0.263 e. The number of allylic oxidation sites excluding steroid dienone is 2. The van der Waals surface area contributed by atoms with E-state index in [1.54, 1.807) is 10.6 Å². The van der Waals surface area contributed by atoms with Crippen molar-refractivity contribution in [1.82, 2.24) is 14.6 Å². The van der Waals surface area contributed by atoms with Gasteiger partial charge in [-0.15, -0.1) is 5.10 Å². The van der Waals surface area contributed by atoms with Crippen molar-refractivity contribution in [2.45, 2.75) is 38.1 Å². The van der Waals surface area contributed by atoms with E-state index in [0.717, 1.165) is 18.7 Å². The molecule has 2 aromatic heterocycles. The van der Waals surface area contributed by atoms with Gasteiger partial charge in [-0.2, -0.15) is 9.50 Å². The molecule has 0 unspecified atom stereocenters. The van der Waals surface area contributed by atoms with E-state index in [9.17, 15) is 10.0 Å². The SMILES string of the molecule is C=C/C=C\C(=C/[NH2+][O-])C(=O)Nc1nc2cccc(NC3CCCCC3)n2n1. The van der Waals surface area contributed by atoms with Gasteiger partial charge < -0.3 is 16.0 Å². The number of fused-ring (bicyclic) bond motifs is 1. The monoisotopic (exact) mass is 368 g/mol. The van der Waals surface area contributed by atoms with E-state index in [1.165, 1.54) is 37.6 Å². The number of nitrogens with two attached hydrogens (primary N) is 1. The average Bonchev–Trinajstić information content (AvgIpc) is 3.09. The van der Waals surface area contributed by atoms with Gasteiger partial charge >= 0.3 is 0 Å². The van der Waals surface area contributed by atoms with Crippen molar-refractivity contribution >= 4 is 23.3 Å². The summed E-state index contributed by atoms with van der Waals surface area (Å²) in [5, 5.41) is 21.3. The van der Waals surface area contributed by atoms with Crippen LogP contribution in [0.1, 0.15) is 32.1 Å². The van der Waals surface area contributed by atoms with Crippen molar-refractivity contribution in [2.24, 2.45) is 0 Å². The van der Waals surface area contributed by atoms with Crippen LogP contribution < -0.4 is 16.1 Å². The molecule has 4 N–H and O–H groups in total. The molecule has 2 heterocycles. The minimum Gasteiger partial charge on any atom is -0.631 e. The molecule has 0 spiro atoms. The zero-order valence-electron chi connectivity index (χ0n) is 15.1. The number of aromatic nitrogens is 3. The number of hydrogen-bond donors (Lipinski definition) is 3. The van der Waals surface area contributed by atoms with E-state index < -0.39 is 5.91 Å². The second-order valence-corrected chi connectivity index (χ2v) is 6.40. The first kappa shape index (κ1) is 18.8. The molecule has 0 atom stereocenters. The van der Waals surface area contributed by atoms with Crippen molar-refractivity contribution < 1.29 is 10.3 Å². The van der Waals surface area contributed by atoms with Crippen molar-refractivity contribution in [1.29, 1.82) is 0 Å². The Labute approximate surface area is 157 Å². The van der Waals surface area contributed by atoms with E-state index in [4.69, 9.17) is 0 Å². The number of hydroxylamine groups is 1. The van der Waals surface area contributed by atoms with Gasteiger partial charge in [0.2, 0.25) is 5.95 Å². The summed E-state index contributed by atoms with van der Waals surface area (Å²) >= 11 is 0. The van der Waals surface area contributed by atoms with Gasteiger partial charge in [0.25, 0.3) is 5.91 Å². The molecular formula is C19H24N6O2. The van der Waals surface area contributed by atoms with E-state index in [1.807, 2.05) is 18.2 Å². The topological polar surface area (TPSA) is 111 Å². The standard InChI is InChI=1S/C19H24N6O2/c1-2-3-8-14(13-20-27)18(26)23-19-22-17-12-7-11-16(25(17)24-19)21-15-9-5-4-6-10-15/h2-3,7-8,11-13,15,21H,1,4-6,9-10,20H2,(H,23,24,26)/b8-3-,14-13+. The number of rotatable bonds is 7. The summed E-state index contributed by atoms with van der Waals surface area (Å²) in [6.07, 6.45) is 11.8. The highest BCUT2D eigenvalue weighted by atomic mass is 16.5. The maximum atomic E-state index is 12.4. The van der Waals surface area contributed by atoms with Crippen LogP contribution in [0.5, 0.6) is 0 Å². The molecule has 1 fully saturated rings. The Balaban J connectivity index is 1.78. The Morgan fingerprint density at radius 1 is 1.33 bits per heavy atom. The summed E-state index contributed by atoms with van der Waals surface area (Å²) < 4.78 is 1.69. The van der Waals surface area contributed by atoms with Gasteiger partial charge in [-0.05, 0) is 31.1 Å². The van der Waals surface area contributed by atoms with Gasteiger partial charge in [-0.1, -0.05) is 44.1 Å². The number of quaternary nitrogens is 1. The van der Waals surface area contributed by atoms with Gasteiger partial charge in [-0.3, -0.25) is 10.1 Å². The predicted octanol–water partition coefficient (Wildman–Crippen LogP) is 2.10. The third-order valence-electron chi connectivity index (χ3n) is 4.46. The molecule has 1 aliphatic rings. The summed E-state index contributed by atoms with van der Waals surface area (Å²) in [6, 6.07) is 6.12. The highest BCUT2D eigenvalue weighted by molar-refractivity contribution is 6.04. The molecule has 0 radical (unpaired) electrons. The van der Waals surface area contributed by atoms with Gasteiger partial charge in [0.05, 0.1) is 5.57 Å². The minimum absolute atomic E-state index is 0.182. The number of carbonyl (C=O) groups is 1. The molecule has 0 aliphatic heterocycles. The van der Waals surface area contributed by atoms with E-state index >= 15 is 0 Å². The first-order valence-electron chi connectivity index (χ1n) is 9.09. The summed E-state index contributed by atoms with van der Waals surface area (Å²) in [6.45, 7) is 3.55. The maximum absolute atomic E-state index is 12.4. The highest BCUT2D eigenvalue weighted by Crippen LogP contribution is 2.22. The highest BCUT2D eigenvalue weighted by Gasteiger charge is 2.16. The average molecular weight is 368 g/mol. The number of carbonyl (C=O) groups excluding carboxylic acids is 1. The van der Waals surface area contributed by atoms with Crippen molar-refractivity contribution in [3.8, 4) is 0 Å². The molecule has 2 aromatic rings. The lowest BCUT2D eigenvalue weighted by molar-refractivity contribution is -0.515. The molecule has 3 rings (SSSR count). The van der Waals surface area contributed by atoms with Crippen LogP contribution in [-0.4, -0.2) is 26.5 Å². The molecule has 8 nitrogen and oxygen atoms in total. The smallest absolute Gasteiger partial charge is 0.263 e. The van der Waals surface area contributed by atoms with E-state index in [0.29, 0.717) is 17.2 Å². The largest absolute Gasteiger partial charge is 0.631 e. The van der Waals surface area contributed by atoms with Crippen molar-refractivity contribution in [3.63, 3.8) is 0 Å². The number of hydrogen-bond acceptors (Lipinski definition) is 5. The summed E-state index contributed by atoms with van der Waals surface area (Å²) in [4.78, 5) is 16.7. The Kier molecular flexibility index (Phi) is 6.35. The van der Waals surface area contributed by atoms with Gasteiger partial charge in [0, 0.05) is 6.04 Å². The zero-order valence-corrected chi connectivity index (χ0v) is 15.1. The van der Waals surface area contributed by atoms with Crippen LogP contribution in [0.25, 0.3) is 5.65 Å².